The summed E-state index contributed by atoms with van der Waals surface area (Å²) in [6.45, 7) is 3.95. The third-order valence-electron chi connectivity index (χ3n) is 5.36. The van der Waals surface area contributed by atoms with Crippen molar-refractivity contribution >= 4 is 32.8 Å². The summed E-state index contributed by atoms with van der Waals surface area (Å²) in [4.78, 5) is 2.56. The second-order valence-electron chi connectivity index (χ2n) is 7.11. The molecule has 0 saturated carbocycles. The van der Waals surface area contributed by atoms with Crippen molar-refractivity contribution in [3.8, 4) is 5.75 Å². The van der Waals surface area contributed by atoms with Gasteiger partial charge in [-0.3, -0.25) is 4.90 Å². The maximum atomic E-state index is 13.1. The summed E-state index contributed by atoms with van der Waals surface area (Å²) in [5.41, 5.74) is 3.61. The number of hydrogen-bond donors (Lipinski definition) is 0. The van der Waals surface area contributed by atoms with Crippen LogP contribution in [0, 0.1) is 0 Å². The van der Waals surface area contributed by atoms with E-state index in [4.69, 9.17) is 4.74 Å². The van der Waals surface area contributed by atoms with Crippen LogP contribution in [0.25, 0.3) is 11.0 Å². The molecule has 0 bridgehead atoms. The van der Waals surface area contributed by atoms with E-state index in [9.17, 15) is 8.42 Å². The summed E-state index contributed by atoms with van der Waals surface area (Å²) in [6, 6.07) is 11.5. The van der Waals surface area contributed by atoms with E-state index in [0.29, 0.717) is 37.2 Å². The van der Waals surface area contributed by atoms with Gasteiger partial charge in [0.2, 0.25) is 10.0 Å². The average Bonchev–Trinajstić information content (AvgIpc) is 3.37. The molecule has 9 heteroatoms. The van der Waals surface area contributed by atoms with E-state index in [2.05, 4.69) is 25.8 Å². The van der Waals surface area contributed by atoms with Crippen LogP contribution >= 0.6 is 11.7 Å². The van der Waals surface area contributed by atoms with Crippen LogP contribution in [0.5, 0.6) is 5.75 Å². The second kappa shape index (κ2) is 7.07. The van der Waals surface area contributed by atoms with E-state index >= 15 is 0 Å². The molecule has 7 nitrogen and oxygen atoms in total. The molecule has 3 aromatic rings. The molecule has 1 fully saturated rings. The van der Waals surface area contributed by atoms with Gasteiger partial charge in [0.15, 0.2) is 0 Å². The molecule has 0 radical (unpaired) electrons. The van der Waals surface area contributed by atoms with Gasteiger partial charge < -0.3 is 4.74 Å². The number of aromatic nitrogens is 2. The molecular weight excluding hydrogens is 396 g/mol. The fraction of sp³-hybridized carbons (Fsp3) is 0.368. The molecule has 28 heavy (non-hydrogen) atoms. The molecule has 0 N–H and O–H groups in total. The van der Waals surface area contributed by atoms with Gasteiger partial charge in [0, 0.05) is 39.1 Å². The van der Waals surface area contributed by atoms with Crippen LogP contribution in [-0.2, 0) is 23.0 Å². The fourth-order valence-corrected chi connectivity index (χ4v) is 6.03. The first-order valence-electron chi connectivity index (χ1n) is 9.30. The third kappa shape index (κ3) is 3.18. The third-order valence-corrected chi connectivity index (χ3v) is 7.83. The Kier molecular flexibility index (Phi) is 4.54. The van der Waals surface area contributed by atoms with Gasteiger partial charge in [-0.05, 0) is 29.3 Å². The highest BCUT2D eigenvalue weighted by Crippen LogP contribution is 2.28. The molecule has 3 heterocycles. The minimum atomic E-state index is -3.57. The Hall–Kier alpha value is -2.07. The Labute approximate surface area is 167 Å². The number of fused-ring (bicyclic) bond motifs is 2. The fourth-order valence-electron chi connectivity index (χ4n) is 3.85. The first-order valence-corrected chi connectivity index (χ1v) is 11.5. The number of nitrogens with zero attached hydrogens (tertiary/aromatic N) is 4. The van der Waals surface area contributed by atoms with Crippen molar-refractivity contribution in [3.63, 3.8) is 0 Å². The largest absolute Gasteiger partial charge is 0.493 e. The lowest BCUT2D eigenvalue weighted by Gasteiger charge is -2.34. The molecular formula is C19H20N4O3S2. The summed E-state index contributed by atoms with van der Waals surface area (Å²) in [5.74, 6) is 0.991. The molecule has 0 aliphatic carbocycles. The zero-order valence-electron chi connectivity index (χ0n) is 15.2. The van der Waals surface area contributed by atoms with Crippen LogP contribution < -0.4 is 4.74 Å². The Morgan fingerprint density at radius 3 is 2.79 bits per heavy atom. The highest BCUT2D eigenvalue weighted by Gasteiger charge is 2.30. The van der Waals surface area contributed by atoms with Gasteiger partial charge in [-0.2, -0.15) is 13.1 Å². The normalized spacial score (nSPS) is 18.3. The van der Waals surface area contributed by atoms with E-state index < -0.39 is 10.0 Å². The van der Waals surface area contributed by atoms with Crippen molar-refractivity contribution in [1.82, 2.24) is 18.0 Å². The molecule has 1 saturated heterocycles. The number of rotatable bonds is 4. The summed E-state index contributed by atoms with van der Waals surface area (Å²) < 4.78 is 41.7. The average molecular weight is 417 g/mol. The van der Waals surface area contributed by atoms with Crippen molar-refractivity contribution in [2.24, 2.45) is 0 Å². The monoisotopic (exact) mass is 416 g/mol. The summed E-state index contributed by atoms with van der Waals surface area (Å²) in [5, 5.41) is 0. The van der Waals surface area contributed by atoms with E-state index in [-0.39, 0.29) is 4.90 Å². The molecule has 146 valence electrons. The van der Waals surface area contributed by atoms with E-state index in [1.165, 1.54) is 11.1 Å². The summed E-state index contributed by atoms with van der Waals surface area (Å²) in [7, 11) is -3.57. The zero-order chi connectivity index (χ0) is 19.1. The predicted molar refractivity (Wildman–Crippen MR) is 107 cm³/mol. The smallest absolute Gasteiger partial charge is 0.245 e. The van der Waals surface area contributed by atoms with Crippen LogP contribution in [0.3, 0.4) is 0 Å². The van der Waals surface area contributed by atoms with Gasteiger partial charge in [-0.15, -0.1) is 0 Å². The van der Waals surface area contributed by atoms with Crippen LogP contribution in [0.1, 0.15) is 11.1 Å². The molecule has 2 aliphatic rings. The quantitative estimate of drug-likeness (QED) is 0.649. The highest BCUT2D eigenvalue weighted by molar-refractivity contribution is 7.89. The van der Waals surface area contributed by atoms with Gasteiger partial charge in [0.05, 0.1) is 18.3 Å². The van der Waals surface area contributed by atoms with Crippen molar-refractivity contribution < 1.29 is 13.2 Å². The Balaban J connectivity index is 1.28. The summed E-state index contributed by atoms with van der Waals surface area (Å²) >= 11 is 1.04. The van der Waals surface area contributed by atoms with Crippen molar-refractivity contribution in [2.75, 3.05) is 32.8 Å². The van der Waals surface area contributed by atoms with Gasteiger partial charge in [0.25, 0.3) is 0 Å². The van der Waals surface area contributed by atoms with Crippen LogP contribution in [0.15, 0.2) is 41.3 Å². The first-order chi connectivity index (χ1) is 13.6. The minimum Gasteiger partial charge on any atom is -0.493 e. The van der Waals surface area contributed by atoms with Gasteiger partial charge >= 0.3 is 0 Å². The number of piperazine rings is 1. The Morgan fingerprint density at radius 2 is 1.93 bits per heavy atom. The van der Waals surface area contributed by atoms with Crippen molar-refractivity contribution in [2.45, 2.75) is 17.9 Å². The lowest BCUT2D eigenvalue weighted by molar-refractivity contribution is 0.181. The molecule has 2 aliphatic heterocycles. The molecule has 0 atom stereocenters. The van der Waals surface area contributed by atoms with Gasteiger partial charge in [0.1, 0.15) is 21.7 Å². The van der Waals surface area contributed by atoms with Crippen LogP contribution in [0.2, 0.25) is 0 Å². The molecule has 1 aromatic heterocycles. The topological polar surface area (TPSA) is 75.6 Å². The lowest BCUT2D eigenvalue weighted by Crippen LogP contribution is -2.48. The maximum absolute atomic E-state index is 13.1. The standard InChI is InChI=1S/C19H20N4O3S2/c24-28(25,18-3-1-2-16-19(18)21-27-20-16)23-9-7-22(8-10-23)13-14-4-5-17-15(12-14)6-11-26-17/h1-5,12H,6-11,13H2. The zero-order valence-corrected chi connectivity index (χ0v) is 16.9. The molecule has 5 rings (SSSR count). The highest BCUT2D eigenvalue weighted by atomic mass is 32.2. The first kappa shape index (κ1) is 18.0. The minimum absolute atomic E-state index is 0.255. The molecule has 0 spiro atoms. The number of hydrogen-bond acceptors (Lipinski definition) is 7. The number of ether oxygens (including phenoxy) is 1. The van der Waals surface area contributed by atoms with Crippen LogP contribution in [-0.4, -0.2) is 59.2 Å². The van der Waals surface area contributed by atoms with E-state index in [1.807, 2.05) is 6.07 Å². The SMILES string of the molecule is O=S(=O)(c1cccc2nsnc12)N1CCN(Cc2ccc3c(c2)CCO3)CC1. The second-order valence-corrected chi connectivity index (χ2v) is 9.54. The van der Waals surface area contributed by atoms with Crippen LogP contribution in [0.4, 0.5) is 0 Å². The number of benzene rings is 2. The summed E-state index contributed by atoms with van der Waals surface area (Å²) in [6.07, 6.45) is 0.965. The lowest BCUT2D eigenvalue weighted by atomic mass is 10.1. The van der Waals surface area contributed by atoms with Gasteiger partial charge in [-0.1, -0.05) is 18.2 Å². The van der Waals surface area contributed by atoms with E-state index in [1.54, 1.807) is 22.5 Å². The van der Waals surface area contributed by atoms with Crippen molar-refractivity contribution in [3.05, 3.63) is 47.5 Å². The molecule has 0 amide bonds. The Bertz CT molecular complexity index is 1120. The number of sulfonamides is 1. The maximum Gasteiger partial charge on any atom is 0.245 e. The predicted octanol–water partition coefficient (Wildman–Crippen LogP) is 2.13. The molecule has 2 aromatic carbocycles. The van der Waals surface area contributed by atoms with Gasteiger partial charge in [-0.25, -0.2) is 8.42 Å². The van der Waals surface area contributed by atoms with E-state index in [0.717, 1.165) is 37.1 Å². The Morgan fingerprint density at radius 1 is 1.07 bits per heavy atom. The van der Waals surface area contributed by atoms with Crippen molar-refractivity contribution in [1.29, 1.82) is 0 Å². The molecule has 0 unspecified atom stereocenters.